The molecule has 0 aromatic heterocycles. The van der Waals surface area contributed by atoms with Crippen molar-refractivity contribution in [1.29, 1.82) is 0 Å². The van der Waals surface area contributed by atoms with Crippen LogP contribution in [-0.4, -0.2) is 51.9 Å². The Hall–Kier alpha value is 2.01. The Labute approximate surface area is 227 Å². The average molecular weight is 674 g/mol. The minimum Gasteiger partial charge on any atom is -1.00 e. The van der Waals surface area contributed by atoms with Crippen molar-refractivity contribution in [3.05, 3.63) is 63.7 Å². The molecular formula is C26H46FeINSn+2. The van der Waals surface area contributed by atoms with E-state index in [1.54, 1.807) is 13.3 Å². The van der Waals surface area contributed by atoms with Gasteiger partial charge in [0.05, 0.1) is 27.7 Å². The summed E-state index contributed by atoms with van der Waals surface area (Å²) in [6.45, 7) is 8.06. The Balaban J connectivity index is -0.000000380. The summed E-state index contributed by atoms with van der Waals surface area (Å²) in [7, 11) is 6.54. The molecule has 0 aromatic rings. The van der Waals surface area contributed by atoms with E-state index in [4.69, 9.17) is 0 Å². The van der Waals surface area contributed by atoms with Gasteiger partial charge in [0.15, 0.2) is 0 Å². The van der Waals surface area contributed by atoms with Crippen molar-refractivity contribution in [2.75, 3.05) is 27.7 Å². The first-order valence-electron chi connectivity index (χ1n) is 11.4. The third kappa shape index (κ3) is 26.3. The first kappa shape index (κ1) is 36.6. The molecule has 0 aromatic carbocycles. The second-order valence-electron chi connectivity index (χ2n) is 8.67. The molecule has 30 heavy (non-hydrogen) atoms. The number of quaternary nitrogens is 1. The Morgan fingerprint density at radius 2 is 1.13 bits per heavy atom. The van der Waals surface area contributed by atoms with Crippen LogP contribution in [-0.2, 0) is 17.1 Å². The molecule has 0 saturated heterocycles. The molecule has 172 valence electrons. The predicted octanol–water partition coefficient (Wildman–Crippen LogP) is 3.88. The van der Waals surface area contributed by atoms with Crippen molar-refractivity contribution >= 4 is 19.8 Å². The molecule has 2 saturated carbocycles. The van der Waals surface area contributed by atoms with Gasteiger partial charge in [-0.15, -0.1) is 5.92 Å². The number of nitrogens with zero attached hydrogens (tertiary/aromatic N) is 1. The van der Waals surface area contributed by atoms with Crippen molar-refractivity contribution in [3.63, 3.8) is 0 Å². The van der Waals surface area contributed by atoms with Gasteiger partial charge in [-0.2, -0.15) is 0 Å². The van der Waals surface area contributed by atoms with E-state index in [0.29, 0.717) is 0 Å². The van der Waals surface area contributed by atoms with Crippen LogP contribution in [0, 0.1) is 63.7 Å². The number of rotatable bonds is 11. The molecule has 0 heterocycles. The fraction of sp³-hybridized carbons (Fsp3) is 0.615. The van der Waals surface area contributed by atoms with Crippen molar-refractivity contribution in [1.82, 2.24) is 0 Å². The standard InChI is InChI=1S/C9H14N.C5H5.3C4H9.Fe.HI.Sn/c1-10(2,3)8-9-6-4-5-7-9;1-2-4-5-3-1;3*1-3-4-2;;;/h4-6H,8H2,1-3H3;1-5H;3*1,3-4H2,2H3;;1H;/q;;;;;+2;;+1/p-1. The predicted molar refractivity (Wildman–Crippen MR) is 129 cm³/mol. The smallest absolute Gasteiger partial charge is 1.00 e. The van der Waals surface area contributed by atoms with Gasteiger partial charge in [-0.3, -0.25) is 0 Å². The summed E-state index contributed by atoms with van der Waals surface area (Å²) < 4.78 is 6.01. The van der Waals surface area contributed by atoms with Gasteiger partial charge >= 0.3 is 109 Å². The Bertz CT molecular complexity index is 286. The van der Waals surface area contributed by atoms with Crippen molar-refractivity contribution in [2.45, 2.75) is 72.6 Å². The summed E-state index contributed by atoms with van der Waals surface area (Å²) >= 11 is -0.839. The number of unbranched alkanes of at least 4 members (excludes halogenated alkanes) is 3. The summed E-state index contributed by atoms with van der Waals surface area (Å²) in [5.41, 5.74) is 0. The number of hydrogen-bond donors (Lipinski definition) is 0. The quantitative estimate of drug-likeness (QED) is 0.135. The van der Waals surface area contributed by atoms with Crippen LogP contribution < -0.4 is 24.0 Å². The maximum absolute atomic E-state index is 3.18. The van der Waals surface area contributed by atoms with E-state index in [2.05, 4.69) is 54.8 Å². The van der Waals surface area contributed by atoms with E-state index < -0.39 is 19.8 Å². The summed E-state index contributed by atoms with van der Waals surface area (Å²) in [4.78, 5) is 0. The summed E-state index contributed by atoms with van der Waals surface area (Å²) in [5, 5.41) is 0. The molecule has 0 aliphatic heterocycles. The average Bonchev–Trinajstić information content (AvgIpc) is 3.37. The van der Waals surface area contributed by atoms with Crippen LogP contribution in [0.15, 0.2) is 0 Å². The van der Waals surface area contributed by atoms with E-state index >= 15 is 0 Å². The first-order valence-corrected chi connectivity index (χ1v) is 17.4. The molecule has 2 aliphatic carbocycles. The minimum absolute atomic E-state index is 0. The van der Waals surface area contributed by atoms with Crippen LogP contribution in [0.3, 0.4) is 0 Å². The Morgan fingerprint density at radius 3 is 1.40 bits per heavy atom. The third-order valence-corrected chi connectivity index (χ3v) is 13.6. The van der Waals surface area contributed by atoms with E-state index in [9.17, 15) is 0 Å². The van der Waals surface area contributed by atoms with Crippen molar-refractivity contribution in [3.8, 4) is 0 Å². The zero-order chi connectivity index (χ0) is 21.1. The normalized spacial score (nSPS) is 15.8. The summed E-state index contributed by atoms with van der Waals surface area (Å²) in [6.07, 6.45) is 28.1. The fourth-order valence-corrected chi connectivity index (χ4v) is 12.4. The molecular weight excluding hydrogens is 628 g/mol. The molecule has 0 atom stereocenters. The van der Waals surface area contributed by atoms with E-state index in [1.807, 2.05) is 44.9 Å². The molecule has 2 aliphatic rings. The van der Waals surface area contributed by atoms with Crippen LogP contribution in [0.2, 0.25) is 13.3 Å². The Morgan fingerprint density at radius 1 is 0.733 bits per heavy atom. The van der Waals surface area contributed by atoms with Crippen LogP contribution in [0.25, 0.3) is 0 Å². The van der Waals surface area contributed by atoms with Gasteiger partial charge < -0.3 is 34.9 Å². The van der Waals surface area contributed by atoms with Gasteiger partial charge in [0.25, 0.3) is 0 Å². The molecule has 0 spiro atoms. The maximum Gasteiger partial charge on any atom is 2.00 e. The van der Waals surface area contributed by atoms with Gasteiger partial charge in [0.2, 0.25) is 0 Å². The van der Waals surface area contributed by atoms with Crippen LogP contribution in [0.4, 0.5) is 0 Å². The topological polar surface area (TPSA) is 0 Å². The van der Waals surface area contributed by atoms with Crippen molar-refractivity contribution in [2.24, 2.45) is 0 Å². The minimum atomic E-state index is -0.839. The summed E-state index contributed by atoms with van der Waals surface area (Å²) in [5.74, 6) is 1.30. The zero-order valence-electron chi connectivity index (χ0n) is 20.4. The van der Waals surface area contributed by atoms with Crippen LogP contribution >= 0.6 is 0 Å². The zero-order valence-corrected chi connectivity index (χ0v) is 26.5. The molecule has 10 radical (unpaired) electrons. The largest absolute Gasteiger partial charge is 2.00 e. The van der Waals surface area contributed by atoms with Gasteiger partial charge in [-0.05, 0) is 32.1 Å². The molecule has 2 rings (SSSR count). The SMILES string of the molecule is CCC[CH2][Sn+]([CH2]CCC)[CH2]CCC.C[N+](C)(C)C[C]1[C-][CH][CH][CH]1.[CH]1[CH][CH][CH][CH]1.[Fe+2].[I-]. The van der Waals surface area contributed by atoms with Gasteiger partial charge in [-0.25, -0.2) is 6.42 Å². The van der Waals surface area contributed by atoms with Crippen LogP contribution in [0.1, 0.15) is 59.3 Å². The van der Waals surface area contributed by atoms with Gasteiger partial charge in [0.1, 0.15) is 0 Å². The molecule has 2 fully saturated rings. The van der Waals surface area contributed by atoms with Crippen LogP contribution in [0.5, 0.6) is 0 Å². The maximum atomic E-state index is 3.18. The van der Waals surface area contributed by atoms with Gasteiger partial charge in [-0.1, -0.05) is 12.8 Å². The number of hydrogen-bond acceptors (Lipinski definition) is 0. The molecule has 0 bridgehead atoms. The molecule has 0 N–H and O–H groups in total. The van der Waals surface area contributed by atoms with E-state index in [0.717, 1.165) is 11.0 Å². The monoisotopic (exact) mass is 675 g/mol. The van der Waals surface area contributed by atoms with E-state index in [1.165, 1.54) is 44.4 Å². The second kappa shape index (κ2) is 25.6. The third-order valence-electron chi connectivity index (χ3n) is 4.51. The Kier molecular flexibility index (Phi) is 31.2. The number of halogens is 1. The van der Waals surface area contributed by atoms with Crippen molar-refractivity contribution < 1.29 is 45.5 Å². The van der Waals surface area contributed by atoms with Gasteiger partial charge in [0, 0.05) is 0 Å². The second-order valence-corrected chi connectivity index (χ2v) is 17.2. The molecule has 0 unspecified atom stereocenters. The molecule has 4 heteroatoms. The molecule has 1 nitrogen and oxygen atoms in total. The first-order chi connectivity index (χ1) is 13.4. The molecule has 0 amide bonds. The summed E-state index contributed by atoms with van der Waals surface area (Å²) in [6, 6.07) is 0. The van der Waals surface area contributed by atoms with E-state index in [-0.39, 0.29) is 41.0 Å². The fourth-order valence-electron chi connectivity index (χ4n) is 2.95.